The van der Waals surface area contributed by atoms with E-state index in [0.29, 0.717) is 0 Å². The largest absolute Gasteiger partial charge is 0.459 e. The number of hydrogen-bond acceptors (Lipinski definition) is 3. The molecule has 0 bridgehead atoms. The van der Waals surface area contributed by atoms with Crippen LogP contribution in [0.5, 0.6) is 0 Å². The topological polar surface area (TPSA) is 50.1 Å². The first-order valence-electron chi connectivity index (χ1n) is 4.09. The van der Waals surface area contributed by atoms with E-state index < -0.39 is 11.5 Å². The second-order valence-corrected chi connectivity index (χ2v) is 3.97. The molecule has 1 aliphatic heterocycles. The Hall–Kier alpha value is -1.04. The minimum Gasteiger partial charge on any atom is -0.459 e. The zero-order valence-electron chi connectivity index (χ0n) is 7.63. The van der Waals surface area contributed by atoms with Crippen molar-refractivity contribution in [3.8, 4) is 6.07 Å². The summed E-state index contributed by atoms with van der Waals surface area (Å²) in [6, 6.07) is 1.97. The fourth-order valence-electron chi connectivity index (χ4n) is 1.68. The van der Waals surface area contributed by atoms with E-state index in [9.17, 15) is 4.79 Å². The number of hydrogen-bond donors (Lipinski definition) is 0. The molecule has 1 rings (SSSR count). The Kier molecular flexibility index (Phi) is 2.10. The predicted octanol–water partition coefficient (Wildman–Crippen LogP) is 1.49. The Morgan fingerprint density at radius 1 is 1.67 bits per heavy atom. The van der Waals surface area contributed by atoms with E-state index >= 15 is 0 Å². The summed E-state index contributed by atoms with van der Waals surface area (Å²) in [5.41, 5.74) is -0.399. The van der Waals surface area contributed by atoms with Crippen LogP contribution in [0, 0.1) is 23.2 Å². The summed E-state index contributed by atoms with van der Waals surface area (Å²) in [4.78, 5) is 11.2. The van der Waals surface area contributed by atoms with Crippen LogP contribution in [-0.2, 0) is 9.53 Å². The van der Waals surface area contributed by atoms with Gasteiger partial charge in [0, 0.05) is 0 Å². The van der Waals surface area contributed by atoms with Crippen molar-refractivity contribution in [2.24, 2.45) is 11.8 Å². The molecule has 66 valence electrons. The molecule has 3 heteroatoms. The molecule has 0 spiro atoms. The van der Waals surface area contributed by atoms with Gasteiger partial charge in [-0.15, -0.1) is 0 Å². The average Bonchev–Trinajstić information content (AvgIpc) is 1.82. The lowest BCUT2D eigenvalue weighted by Crippen LogP contribution is -2.41. The van der Waals surface area contributed by atoms with Crippen molar-refractivity contribution in [2.45, 2.75) is 32.8 Å². The highest BCUT2D eigenvalue weighted by Gasteiger charge is 2.40. The highest BCUT2D eigenvalue weighted by molar-refractivity contribution is 5.76. The van der Waals surface area contributed by atoms with Crippen LogP contribution in [0.4, 0.5) is 0 Å². The van der Waals surface area contributed by atoms with Gasteiger partial charge in [0.1, 0.15) is 11.5 Å². The molecule has 1 fully saturated rings. The fraction of sp³-hybridized carbons (Fsp3) is 0.778. The van der Waals surface area contributed by atoms with Crippen molar-refractivity contribution in [1.82, 2.24) is 0 Å². The Morgan fingerprint density at radius 3 is 2.67 bits per heavy atom. The van der Waals surface area contributed by atoms with E-state index in [1.165, 1.54) is 0 Å². The summed E-state index contributed by atoms with van der Waals surface area (Å²) >= 11 is 0. The van der Waals surface area contributed by atoms with Crippen LogP contribution < -0.4 is 0 Å². The molecular weight excluding hydrogens is 154 g/mol. The van der Waals surface area contributed by atoms with Crippen LogP contribution in [0.1, 0.15) is 27.2 Å². The lowest BCUT2D eigenvalue weighted by Gasteiger charge is -2.35. The maximum Gasteiger partial charge on any atom is 0.324 e. The van der Waals surface area contributed by atoms with Gasteiger partial charge >= 0.3 is 5.97 Å². The van der Waals surface area contributed by atoms with Gasteiger partial charge in [-0.3, -0.25) is 4.79 Å². The number of ether oxygens (including phenoxy) is 1. The number of rotatable bonds is 0. The maximum atomic E-state index is 11.2. The van der Waals surface area contributed by atoms with Gasteiger partial charge in [0.15, 0.2) is 0 Å². The zero-order valence-corrected chi connectivity index (χ0v) is 7.63. The molecule has 0 amide bonds. The molecule has 2 atom stereocenters. The molecule has 0 aromatic heterocycles. The summed E-state index contributed by atoms with van der Waals surface area (Å²) in [7, 11) is 0. The third-order valence-electron chi connectivity index (χ3n) is 2.15. The summed E-state index contributed by atoms with van der Waals surface area (Å²) in [5, 5.41) is 8.65. The van der Waals surface area contributed by atoms with E-state index in [2.05, 4.69) is 0 Å². The van der Waals surface area contributed by atoms with Gasteiger partial charge in [-0.1, -0.05) is 6.92 Å². The molecule has 0 radical (unpaired) electrons. The van der Waals surface area contributed by atoms with Gasteiger partial charge in [-0.2, -0.15) is 5.26 Å². The van der Waals surface area contributed by atoms with Crippen molar-refractivity contribution >= 4 is 5.97 Å². The third-order valence-corrected chi connectivity index (χ3v) is 2.15. The van der Waals surface area contributed by atoms with Gasteiger partial charge < -0.3 is 4.74 Å². The quantitative estimate of drug-likeness (QED) is 0.513. The Morgan fingerprint density at radius 2 is 2.25 bits per heavy atom. The van der Waals surface area contributed by atoms with Crippen molar-refractivity contribution in [3.05, 3.63) is 0 Å². The highest BCUT2D eigenvalue weighted by Crippen LogP contribution is 2.32. The molecule has 0 unspecified atom stereocenters. The van der Waals surface area contributed by atoms with Gasteiger partial charge in [0.25, 0.3) is 0 Å². The maximum absolute atomic E-state index is 11.2. The Labute approximate surface area is 72.3 Å². The standard InChI is InChI=1S/C9H13NO2/c1-6-4-9(2,3)12-8(11)7(6)5-10/h6-7H,4H2,1-3H3/t6-,7-/m1/s1. The lowest BCUT2D eigenvalue weighted by atomic mass is 9.83. The van der Waals surface area contributed by atoms with E-state index in [1.54, 1.807) is 0 Å². The SMILES string of the molecule is C[C@@H]1CC(C)(C)OC(=O)[C@@H]1C#N. The average molecular weight is 167 g/mol. The van der Waals surface area contributed by atoms with Gasteiger partial charge in [-0.05, 0) is 26.2 Å². The fourth-order valence-corrected chi connectivity index (χ4v) is 1.68. The molecular formula is C9H13NO2. The third kappa shape index (κ3) is 1.58. The zero-order chi connectivity index (χ0) is 9.35. The van der Waals surface area contributed by atoms with Crippen LogP contribution in [0.15, 0.2) is 0 Å². The minimum absolute atomic E-state index is 0.103. The van der Waals surface area contributed by atoms with Crippen LogP contribution in [-0.4, -0.2) is 11.6 Å². The molecule has 12 heavy (non-hydrogen) atoms. The molecule has 0 saturated carbocycles. The number of carbonyl (C=O) groups is 1. The number of nitriles is 1. The molecule has 0 aliphatic carbocycles. The molecule has 0 aromatic carbocycles. The Balaban J connectivity index is 2.79. The Bertz CT molecular complexity index is 239. The summed E-state index contributed by atoms with van der Waals surface area (Å²) in [5.74, 6) is -0.842. The molecule has 3 nitrogen and oxygen atoms in total. The number of nitrogens with zero attached hydrogens (tertiary/aromatic N) is 1. The number of cyclic esters (lactones) is 1. The monoisotopic (exact) mass is 167 g/mol. The summed E-state index contributed by atoms with van der Waals surface area (Å²) in [6.45, 7) is 5.65. The van der Waals surface area contributed by atoms with Crippen LogP contribution in [0.3, 0.4) is 0 Å². The van der Waals surface area contributed by atoms with Crippen molar-refractivity contribution in [2.75, 3.05) is 0 Å². The van der Waals surface area contributed by atoms with Crippen LogP contribution >= 0.6 is 0 Å². The first kappa shape index (κ1) is 9.05. The van der Waals surface area contributed by atoms with Crippen LogP contribution in [0.25, 0.3) is 0 Å². The molecule has 0 N–H and O–H groups in total. The first-order chi connectivity index (χ1) is 5.46. The highest BCUT2D eigenvalue weighted by atomic mass is 16.6. The molecule has 1 saturated heterocycles. The smallest absolute Gasteiger partial charge is 0.324 e. The molecule has 1 aliphatic rings. The lowest BCUT2D eigenvalue weighted by molar-refractivity contribution is -0.171. The number of carbonyl (C=O) groups excluding carboxylic acids is 1. The summed E-state index contributed by atoms with van der Waals surface area (Å²) < 4.78 is 5.09. The minimum atomic E-state index is -0.571. The first-order valence-corrected chi connectivity index (χ1v) is 4.09. The van der Waals surface area contributed by atoms with Gasteiger partial charge in [-0.25, -0.2) is 0 Å². The van der Waals surface area contributed by atoms with E-state index in [4.69, 9.17) is 10.00 Å². The van der Waals surface area contributed by atoms with Crippen molar-refractivity contribution in [1.29, 1.82) is 5.26 Å². The predicted molar refractivity (Wildman–Crippen MR) is 43.1 cm³/mol. The van der Waals surface area contributed by atoms with Gasteiger partial charge in [0.2, 0.25) is 0 Å². The van der Waals surface area contributed by atoms with E-state index in [0.717, 1.165) is 6.42 Å². The normalized spacial score (nSPS) is 33.7. The number of esters is 1. The van der Waals surface area contributed by atoms with Crippen molar-refractivity contribution < 1.29 is 9.53 Å². The van der Waals surface area contributed by atoms with Crippen LogP contribution in [0.2, 0.25) is 0 Å². The van der Waals surface area contributed by atoms with E-state index in [1.807, 2.05) is 26.8 Å². The molecule has 1 heterocycles. The second kappa shape index (κ2) is 2.78. The summed E-state index contributed by atoms with van der Waals surface area (Å²) in [6.07, 6.45) is 0.761. The van der Waals surface area contributed by atoms with Crippen molar-refractivity contribution in [3.63, 3.8) is 0 Å². The second-order valence-electron chi connectivity index (χ2n) is 3.97. The van der Waals surface area contributed by atoms with E-state index in [-0.39, 0.29) is 11.9 Å². The van der Waals surface area contributed by atoms with Gasteiger partial charge in [0.05, 0.1) is 6.07 Å². The molecule has 0 aromatic rings.